The summed E-state index contributed by atoms with van der Waals surface area (Å²) in [5.41, 5.74) is -0.238. The normalized spacial score (nSPS) is 10.2. The van der Waals surface area contributed by atoms with Crippen LogP contribution >= 0.6 is 0 Å². The zero-order valence-corrected chi connectivity index (χ0v) is 19.1. The average molecular weight is 474 g/mol. The van der Waals surface area contributed by atoms with Gasteiger partial charge in [0.15, 0.2) is 18.1 Å². The maximum atomic E-state index is 12.5. The molecule has 0 spiro atoms. The van der Waals surface area contributed by atoms with Crippen LogP contribution in [0.2, 0.25) is 0 Å². The third-order valence-electron chi connectivity index (χ3n) is 4.47. The maximum absolute atomic E-state index is 12.5. The Hall–Kier alpha value is -4.15. The number of benzene rings is 2. The first kappa shape index (κ1) is 26.1. The summed E-state index contributed by atoms with van der Waals surface area (Å²) in [5, 5.41) is 13.9. The Kier molecular flexibility index (Phi) is 9.81. The molecule has 0 radical (unpaired) electrons. The molecule has 2 rings (SSSR count). The molecule has 2 aromatic carbocycles. The molecule has 0 aliphatic heterocycles. The van der Waals surface area contributed by atoms with Crippen LogP contribution < -0.4 is 14.8 Å². The molecular formula is C23H26N2O9. The number of anilines is 1. The first-order valence-electron chi connectivity index (χ1n) is 10.5. The Bertz CT molecular complexity index is 1040. The molecule has 0 saturated heterocycles. The largest absolute Gasteiger partial charge is 0.493 e. The van der Waals surface area contributed by atoms with Gasteiger partial charge in [0.2, 0.25) is 0 Å². The molecule has 0 bridgehead atoms. The fourth-order valence-electron chi connectivity index (χ4n) is 2.78. The van der Waals surface area contributed by atoms with Gasteiger partial charge in [0, 0.05) is 11.8 Å². The molecule has 0 fully saturated rings. The number of nitro benzene ring substituents is 1. The molecule has 34 heavy (non-hydrogen) atoms. The summed E-state index contributed by atoms with van der Waals surface area (Å²) in [7, 11) is 1.31. The van der Waals surface area contributed by atoms with Gasteiger partial charge in [-0.15, -0.1) is 0 Å². The van der Waals surface area contributed by atoms with E-state index in [0.29, 0.717) is 17.9 Å². The second kappa shape index (κ2) is 12.8. The predicted octanol–water partition coefficient (Wildman–Crippen LogP) is 3.75. The molecule has 0 aromatic heterocycles. The molecule has 1 amide bonds. The summed E-state index contributed by atoms with van der Waals surface area (Å²) in [5.74, 6) is -2.00. The minimum absolute atomic E-state index is 0.0838. The van der Waals surface area contributed by atoms with E-state index in [1.165, 1.54) is 31.4 Å². The Morgan fingerprint density at radius 2 is 1.71 bits per heavy atom. The number of amides is 1. The van der Waals surface area contributed by atoms with Crippen molar-refractivity contribution in [1.82, 2.24) is 0 Å². The minimum Gasteiger partial charge on any atom is -0.493 e. The van der Waals surface area contributed by atoms with E-state index in [9.17, 15) is 24.5 Å². The molecule has 0 unspecified atom stereocenters. The van der Waals surface area contributed by atoms with E-state index in [2.05, 4.69) is 5.32 Å². The lowest BCUT2D eigenvalue weighted by Crippen LogP contribution is -2.21. The smallest absolute Gasteiger partial charge is 0.345 e. The molecule has 0 saturated carbocycles. The highest BCUT2D eigenvalue weighted by Crippen LogP contribution is 2.35. The van der Waals surface area contributed by atoms with Crippen molar-refractivity contribution in [2.45, 2.75) is 26.7 Å². The molecule has 11 heteroatoms. The quantitative estimate of drug-likeness (QED) is 0.210. The number of carbonyl (C=O) groups excluding carboxylic acids is 3. The number of nitrogens with one attached hydrogen (secondary N) is 1. The molecule has 0 aliphatic rings. The first-order chi connectivity index (χ1) is 16.3. The lowest BCUT2D eigenvalue weighted by atomic mass is 10.1. The zero-order chi connectivity index (χ0) is 25.1. The highest BCUT2D eigenvalue weighted by atomic mass is 16.6. The van der Waals surface area contributed by atoms with Crippen molar-refractivity contribution in [2.24, 2.45) is 0 Å². The average Bonchev–Trinajstić information content (AvgIpc) is 2.82. The Morgan fingerprint density at radius 3 is 2.29 bits per heavy atom. The number of esters is 2. The predicted molar refractivity (Wildman–Crippen MR) is 121 cm³/mol. The molecular weight excluding hydrogens is 448 g/mol. The fourth-order valence-corrected chi connectivity index (χ4v) is 2.78. The summed E-state index contributed by atoms with van der Waals surface area (Å²) >= 11 is 0. The summed E-state index contributed by atoms with van der Waals surface area (Å²) in [4.78, 5) is 47.2. The molecule has 182 valence electrons. The molecule has 0 heterocycles. The first-order valence-corrected chi connectivity index (χ1v) is 10.5. The van der Waals surface area contributed by atoms with Gasteiger partial charge in [0.1, 0.15) is 5.56 Å². The van der Waals surface area contributed by atoms with Crippen molar-refractivity contribution in [3.63, 3.8) is 0 Å². The van der Waals surface area contributed by atoms with Crippen molar-refractivity contribution in [1.29, 1.82) is 0 Å². The van der Waals surface area contributed by atoms with Crippen LogP contribution in [0, 0.1) is 10.1 Å². The monoisotopic (exact) mass is 474 g/mol. The van der Waals surface area contributed by atoms with Crippen LogP contribution in [0.3, 0.4) is 0 Å². The second-order valence-electron chi connectivity index (χ2n) is 6.90. The van der Waals surface area contributed by atoms with Gasteiger partial charge in [-0.3, -0.25) is 14.9 Å². The van der Waals surface area contributed by atoms with E-state index >= 15 is 0 Å². The number of hydrogen-bond acceptors (Lipinski definition) is 9. The number of methoxy groups -OCH3 is 1. The van der Waals surface area contributed by atoms with Crippen LogP contribution in [0.25, 0.3) is 0 Å². The van der Waals surface area contributed by atoms with Crippen molar-refractivity contribution in [2.75, 3.05) is 32.2 Å². The van der Waals surface area contributed by atoms with Gasteiger partial charge in [-0.25, -0.2) is 9.59 Å². The number of rotatable bonds is 12. The molecule has 11 nitrogen and oxygen atoms in total. The van der Waals surface area contributed by atoms with Crippen molar-refractivity contribution in [3.8, 4) is 11.5 Å². The molecule has 0 atom stereocenters. The van der Waals surface area contributed by atoms with Crippen molar-refractivity contribution >= 4 is 29.2 Å². The number of carbonyl (C=O) groups is 3. The van der Waals surface area contributed by atoms with Gasteiger partial charge >= 0.3 is 11.9 Å². The van der Waals surface area contributed by atoms with Crippen LogP contribution in [0.1, 0.15) is 47.4 Å². The number of nitrogens with zero attached hydrogens (tertiary/aromatic N) is 1. The summed E-state index contributed by atoms with van der Waals surface area (Å²) in [6, 6.07) is 8.17. The van der Waals surface area contributed by atoms with Gasteiger partial charge in [0.05, 0.1) is 36.9 Å². The Balaban J connectivity index is 2.01. The van der Waals surface area contributed by atoms with Crippen LogP contribution in [0.15, 0.2) is 36.4 Å². The minimum atomic E-state index is -1.07. The maximum Gasteiger partial charge on any atom is 0.345 e. The second-order valence-corrected chi connectivity index (χ2v) is 6.90. The van der Waals surface area contributed by atoms with Crippen LogP contribution in [0.5, 0.6) is 11.5 Å². The highest BCUT2D eigenvalue weighted by molar-refractivity contribution is 5.98. The van der Waals surface area contributed by atoms with Crippen LogP contribution in [-0.4, -0.2) is 49.7 Å². The van der Waals surface area contributed by atoms with Gasteiger partial charge in [-0.2, -0.15) is 0 Å². The summed E-state index contributed by atoms with van der Waals surface area (Å²) < 4.78 is 20.5. The summed E-state index contributed by atoms with van der Waals surface area (Å²) in [6.07, 6.45) is 1.67. The van der Waals surface area contributed by atoms with Gasteiger partial charge in [-0.1, -0.05) is 13.3 Å². The van der Waals surface area contributed by atoms with Crippen molar-refractivity contribution in [3.05, 3.63) is 57.6 Å². The third-order valence-corrected chi connectivity index (χ3v) is 4.47. The Labute approximate surface area is 196 Å². The molecule has 2 aromatic rings. The third kappa shape index (κ3) is 7.19. The van der Waals surface area contributed by atoms with Gasteiger partial charge in [-0.05, 0) is 37.6 Å². The van der Waals surface area contributed by atoms with E-state index in [1.807, 2.05) is 6.92 Å². The highest BCUT2D eigenvalue weighted by Gasteiger charge is 2.26. The van der Waals surface area contributed by atoms with E-state index in [0.717, 1.165) is 25.0 Å². The zero-order valence-electron chi connectivity index (χ0n) is 19.1. The molecule has 1 N–H and O–H groups in total. The van der Waals surface area contributed by atoms with Crippen molar-refractivity contribution < 1.29 is 38.3 Å². The van der Waals surface area contributed by atoms with Crippen LogP contribution in [0.4, 0.5) is 11.4 Å². The van der Waals surface area contributed by atoms with E-state index in [-0.39, 0.29) is 23.7 Å². The summed E-state index contributed by atoms with van der Waals surface area (Å²) in [6.45, 7) is 3.56. The number of hydrogen-bond donors (Lipinski definition) is 1. The number of ether oxygens (including phenoxy) is 4. The fraction of sp³-hybridized carbons (Fsp3) is 0.348. The topological polar surface area (TPSA) is 143 Å². The van der Waals surface area contributed by atoms with Gasteiger partial charge < -0.3 is 24.3 Å². The lowest BCUT2D eigenvalue weighted by Gasteiger charge is -2.12. The van der Waals surface area contributed by atoms with E-state index in [4.69, 9.17) is 18.9 Å². The molecule has 0 aliphatic carbocycles. The van der Waals surface area contributed by atoms with Gasteiger partial charge in [0.25, 0.3) is 11.6 Å². The van der Waals surface area contributed by atoms with E-state index in [1.54, 1.807) is 6.92 Å². The van der Waals surface area contributed by atoms with E-state index < -0.39 is 35.1 Å². The number of nitro groups is 1. The Morgan fingerprint density at radius 1 is 1.00 bits per heavy atom. The standard InChI is InChI=1S/C23H26N2O9/c1-4-6-11-33-22(27)15-7-9-16(10-8-15)24-21(26)14-34-23(28)17-12-20(32-5-2)19(31-3)13-18(17)25(29)30/h7-10,12-13H,4-6,11,14H2,1-3H3,(H,24,26). The number of unbranched alkanes of at least 4 members (excludes halogenated alkanes) is 1. The lowest BCUT2D eigenvalue weighted by molar-refractivity contribution is -0.385. The van der Waals surface area contributed by atoms with Crippen LogP contribution in [-0.2, 0) is 14.3 Å². The SMILES string of the molecule is CCCCOC(=O)c1ccc(NC(=O)COC(=O)c2cc(OCC)c(OC)cc2[N+](=O)[O-])cc1.